The van der Waals surface area contributed by atoms with E-state index < -0.39 is 11.9 Å². The van der Waals surface area contributed by atoms with E-state index in [4.69, 9.17) is 0 Å². The molecule has 0 aliphatic rings. The Kier molecular flexibility index (Phi) is 12.5. The van der Waals surface area contributed by atoms with Crippen LogP contribution in [0.15, 0.2) is 85.5 Å². The van der Waals surface area contributed by atoms with Crippen molar-refractivity contribution < 1.29 is 50.2 Å². The molecular weight excluding hydrogens is 482 g/mol. The van der Waals surface area contributed by atoms with Gasteiger partial charge >= 0.3 is 19.5 Å². The van der Waals surface area contributed by atoms with Crippen molar-refractivity contribution >= 4 is 11.9 Å². The summed E-state index contributed by atoms with van der Waals surface area (Å²) >= 11 is 0. The Morgan fingerprint density at radius 3 is 1.21 bits per heavy atom. The number of carboxylic acid groups (broad SMARTS) is 2. The number of hydrogen-bond acceptors (Lipinski definition) is 8. The number of hydrogen-bond donors (Lipinski definition) is 0. The SMILES string of the molecule is O.O.O=C([O-])c1ccnc(-c2cc(C(=O)[O-])ccn2)c1.[Zn+2].c1ccc(-c2ccccn2)nc1. The van der Waals surface area contributed by atoms with Gasteiger partial charge in [-0.05, 0) is 48.5 Å². The van der Waals surface area contributed by atoms with Crippen LogP contribution in [0.3, 0.4) is 0 Å². The number of carboxylic acids is 2. The summed E-state index contributed by atoms with van der Waals surface area (Å²) in [4.78, 5) is 37.6. The molecule has 0 aliphatic heterocycles. The minimum atomic E-state index is -1.34. The number of pyridine rings is 4. The quantitative estimate of drug-likeness (QED) is 0.330. The van der Waals surface area contributed by atoms with E-state index in [2.05, 4.69) is 19.9 Å². The molecule has 0 saturated heterocycles. The average molecular weight is 500 g/mol. The minimum Gasteiger partial charge on any atom is -0.545 e. The normalized spacial score (nSPS) is 8.97. The van der Waals surface area contributed by atoms with E-state index in [0.29, 0.717) is 0 Å². The molecule has 0 saturated carbocycles. The van der Waals surface area contributed by atoms with Gasteiger partial charge in [0.25, 0.3) is 0 Å². The third kappa shape index (κ3) is 8.26. The van der Waals surface area contributed by atoms with Gasteiger partial charge in [-0.3, -0.25) is 19.9 Å². The molecule has 0 bridgehead atoms. The van der Waals surface area contributed by atoms with E-state index >= 15 is 0 Å². The molecule has 4 rings (SSSR count). The van der Waals surface area contributed by atoms with Crippen LogP contribution in [0.25, 0.3) is 22.8 Å². The van der Waals surface area contributed by atoms with Crippen molar-refractivity contribution in [1.29, 1.82) is 0 Å². The van der Waals surface area contributed by atoms with Gasteiger partial charge in [-0.25, -0.2) is 0 Å². The monoisotopic (exact) mass is 498 g/mol. The Balaban J connectivity index is 0.000000603. The van der Waals surface area contributed by atoms with E-state index in [1.54, 1.807) is 12.4 Å². The van der Waals surface area contributed by atoms with Gasteiger partial charge in [0.15, 0.2) is 0 Å². The molecule has 0 aromatic carbocycles. The van der Waals surface area contributed by atoms with E-state index in [9.17, 15) is 19.8 Å². The average Bonchev–Trinajstić information content (AvgIpc) is 2.81. The zero-order chi connectivity index (χ0) is 21.3. The first-order chi connectivity index (χ1) is 14.5. The maximum Gasteiger partial charge on any atom is 2.00 e. The van der Waals surface area contributed by atoms with Gasteiger partial charge in [0.1, 0.15) is 0 Å². The zero-order valence-electron chi connectivity index (χ0n) is 17.2. The molecule has 0 unspecified atom stereocenters. The van der Waals surface area contributed by atoms with Gasteiger partial charge in [0.05, 0.1) is 34.7 Å². The molecule has 0 aliphatic carbocycles. The van der Waals surface area contributed by atoms with Crippen molar-refractivity contribution in [2.75, 3.05) is 0 Å². The summed E-state index contributed by atoms with van der Waals surface area (Å²) in [6.45, 7) is 0. The molecule has 0 atom stereocenters. The van der Waals surface area contributed by atoms with Gasteiger partial charge in [-0.2, -0.15) is 0 Å². The number of aromatic nitrogens is 4. The smallest absolute Gasteiger partial charge is 0.545 e. The standard InChI is InChI=1S/C12H8N2O4.C10H8N2.2H2O.Zn/c15-11(16)7-1-3-13-9(5-7)10-6-8(12(17)18)2-4-14-10;1-3-7-11-9(5-1)10-6-2-4-8-12-10;;;/h1-6H,(H,15,16)(H,17,18);1-8H;2*1H2;/q;;;;+2/p-2. The fourth-order valence-electron chi connectivity index (χ4n) is 2.42. The molecule has 0 spiro atoms. The summed E-state index contributed by atoms with van der Waals surface area (Å²) in [5.74, 6) is -2.68. The van der Waals surface area contributed by atoms with Crippen LogP contribution in [0.5, 0.6) is 0 Å². The third-order valence-corrected chi connectivity index (χ3v) is 3.85. The number of carbonyl (C=O) groups excluding carboxylic acids is 2. The largest absolute Gasteiger partial charge is 2.00 e. The van der Waals surface area contributed by atoms with Crippen LogP contribution in [-0.4, -0.2) is 42.8 Å². The molecule has 11 heteroatoms. The summed E-state index contributed by atoms with van der Waals surface area (Å²) in [5, 5.41) is 21.4. The van der Waals surface area contributed by atoms with E-state index in [1.807, 2.05) is 36.4 Å². The Labute approximate surface area is 201 Å². The fourth-order valence-corrected chi connectivity index (χ4v) is 2.42. The van der Waals surface area contributed by atoms with Crippen LogP contribution in [0, 0.1) is 0 Å². The molecule has 0 radical (unpaired) electrons. The van der Waals surface area contributed by atoms with E-state index in [-0.39, 0.29) is 52.9 Å². The Morgan fingerprint density at radius 1 is 0.545 bits per heavy atom. The Morgan fingerprint density at radius 2 is 0.909 bits per heavy atom. The molecule has 10 nitrogen and oxygen atoms in total. The summed E-state index contributed by atoms with van der Waals surface area (Å²) in [5.41, 5.74) is 2.22. The Bertz CT molecular complexity index is 1070. The molecule has 4 aromatic rings. The van der Waals surface area contributed by atoms with E-state index in [1.165, 1.54) is 36.7 Å². The van der Waals surface area contributed by atoms with Crippen molar-refractivity contribution in [3.05, 3.63) is 96.6 Å². The van der Waals surface area contributed by atoms with E-state index in [0.717, 1.165) is 11.4 Å². The van der Waals surface area contributed by atoms with Crippen LogP contribution in [0.2, 0.25) is 0 Å². The first-order valence-electron chi connectivity index (χ1n) is 8.72. The first-order valence-corrected chi connectivity index (χ1v) is 8.72. The maximum atomic E-state index is 10.7. The van der Waals surface area contributed by atoms with Gasteiger partial charge in [-0.1, -0.05) is 12.1 Å². The van der Waals surface area contributed by atoms with Crippen LogP contribution in [0.4, 0.5) is 0 Å². The van der Waals surface area contributed by atoms with Crippen LogP contribution in [-0.2, 0) is 19.5 Å². The minimum absolute atomic E-state index is 0. The fraction of sp³-hybridized carbons (Fsp3) is 0. The number of aromatic carboxylic acids is 2. The zero-order valence-corrected chi connectivity index (χ0v) is 20.2. The summed E-state index contributed by atoms with van der Waals surface area (Å²) in [6, 6.07) is 16.7. The molecule has 0 fully saturated rings. The predicted octanol–water partition coefficient (Wildman–Crippen LogP) is -0.638. The van der Waals surface area contributed by atoms with Gasteiger partial charge in [0, 0.05) is 35.9 Å². The van der Waals surface area contributed by atoms with Crippen molar-refractivity contribution in [2.45, 2.75) is 0 Å². The molecule has 4 aromatic heterocycles. The van der Waals surface area contributed by atoms with Crippen LogP contribution in [0.1, 0.15) is 20.7 Å². The molecule has 4 heterocycles. The van der Waals surface area contributed by atoms with Crippen molar-refractivity contribution in [3.63, 3.8) is 0 Å². The van der Waals surface area contributed by atoms with Crippen molar-refractivity contribution in [3.8, 4) is 22.8 Å². The molecule has 0 amide bonds. The van der Waals surface area contributed by atoms with Crippen molar-refractivity contribution in [2.24, 2.45) is 0 Å². The second kappa shape index (κ2) is 14.2. The second-order valence-electron chi connectivity index (χ2n) is 5.86. The number of carbonyl (C=O) groups is 2. The topological polar surface area (TPSA) is 195 Å². The van der Waals surface area contributed by atoms with Crippen LogP contribution >= 0.6 is 0 Å². The van der Waals surface area contributed by atoms with Crippen molar-refractivity contribution in [1.82, 2.24) is 19.9 Å². The summed E-state index contributed by atoms with van der Waals surface area (Å²) in [6.07, 6.45) is 6.11. The summed E-state index contributed by atoms with van der Waals surface area (Å²) in [7, 11) is 0. The summed E-state index contributed by atoms with van der Waals surface area (Å²) < 4.78 is 0. The molecule has 164 valence electrons. The predicted molar refractivity (Wildman–Crippen MR) is 111 cm³/mol. The second-order valence-corrected chi connectivity index (χ2v) is 5.86. The molecular formula is C22H18N4O6Zn. The Hall–Kier alpha value is -3.92. The van der Waals surface area contributed by atoms with Gasteiger partial charge in [-0.15, -0.1) is 0 Å². The molecule has 4 N–H and O–H groups in total. The number of nitrogens with zero attached hydrogens (tertiary/aromatic N) is 4. The van der Waals surface area contributed by atoms with Gasteiger partial charge in [0.2, 0.25) is 0 Å². The third-order valence-electron chi connectivity index (χ3n) is 3.85. The first kappa shape index (κ1) is 29.1. The molecule has 33 heavy (non-hydrogen) atoms. The van der Waals surface area contributed by atoms with Crippen LogP contribution < -0.4 is 10.2 Å². The maximum absolute atomic E-state index is 10.7. The van der Waals surface area contributed by atoms with Gasteiger partial charge < -0.3 is 30.8 Å². The number of rotatable bonds is 4.